The molecule has 5 nitrogen and oxygen atoms in total. The summed E-state index contributed by atoms with van der Waals surface area (Å²) in [7, 11) is 1.97. The average Bonchev–Trinajstić information content (AvgIpc) is 3.67. The molecule has 2 atom stereocenters. The monoisotopic (exact) mass is 633 g/mol. The van der Waals surface area contributed by atoms with Crippen molar-refractivity contribution in [1.29, 1.82) is 0 Å². The molecular formula is C33H29Cl2N3O2S2. The van der Waals surface area contributed by atoms with Crippen LogP contribution in [-0.2, 0) is 29.7 Å². The second kappa shape index (κ2) is 11.8. The zero-order chi connectivity index (χ0) is 29.4. The molecule has 1 N–H and O–H groups in total. The molecule has 0 spiro atoms. The first kappa shape index (κ1) is 28.9. The van der Waals surface area contributed by atoms with Gasteiger partial charge >= 0.3 is 0 Å². The van der Waals surface area contributed by atoms with Crippen LogP contribution in [0.4, 0.5) is 0 Å². The summed E-state index contributed by atoms with van der Waals surface area (Å²) in [5.74, 6) is -0.240. The highest BCUT2D eigenvalue weighted by atomic mass is 35.5. The summed E-state index contributed by atoms with van der Waals surface area (Å²) in [5, 5.41) is 7.42. The number of nitrogens with one attached hydrogen (secondary N) is 1. The van der Waals surface area contributed by atoms with Crippen molar-refractivity contribution in [1.82, 2.24) is 14.8 Å². The highest BCUT2D eigenvalue weighted by Gasteiger charge is 2.58. The van der Waals surface area contributed by atoms with E-state index in [2.05, 4.69) is 5.32 Å². The number of carbonyl (C=O) groups excluding carboxylic acids is 2. The Morgan fingerprint density at radius 3 is 2.50 bits per heavy atom. The number of fused-ring (bicyclic) bond motifs is 1. The SMILES string of the molecule is Cc1ccc(S[C@@]2(C(=O)NCc3cccs3)CC(=O)N(Cc3ccc(Cl)cc3)[C@@H]2c2cn(C)c3cc(Cl)ccc23)cc1. The number of thioether (sulfide) groups is 1. The zero-order valence-electron chi connectivity index (χ0n) is 23.1. The lowest BCUT2D eigenvalue weighted by molar-refractivity contribution is -0.129. The number of rotatable bonds is 8. The van der Waals surface area contributed by atoms with Crippen molar-refractivity contribution in [2.24, 2.45) is 7.05 Å². The lowest BCUT2D eigenvalue weighted by Gasteiger charge is -2.36. The Morgan fingerprint density at radius 1 is 1.05 bits per heavy atom. The van der Waals surface area contributed by atoms with Crippen molar-refractivity contribution in [3.8, 4) is 0 Å². The number of likely N-dealkylation sites (tertiary alicyclic amines) is 1. The smallest absolute Gasteiger partial charge is 0.239 e. The maximum Gasteiger partial charge on any atom is 0.239 e. The van der Waals surface area contributed by atoms with Gasteiger partial charge in [-0.1, -0.05) is 65.2 Å². The predicted octanol–water partition coefficient (Wildman–Crippen LogP) is 8.18. The highest BCUT2D eigenvalue weighted by Crippen LogP contribution is 2.54. The number of benzene rings is 3. The minimum Gasteiger partial charge on any atom is -0.350 e. The van der Waals surface area contributed by atoms with Crippen LogP contribution in [0, 0.1) is 6.92 Å². The molecule has 0 unspecified atom stereocenters. The van der Waals surface area contributed by atoms with Crippen molar-refractivity contribution < 1.29 is 9.59 Å². The first-order valence-electron chi connectivity index (χ1n) is 13.6. The molecule has 0 saturated carbocycles. The molecule has 9 heteroatoms. The van der Waals surface area contributed by atoms with Crippen LogP contribution in [0.2, 0.25) is 10.0 Å². The van der Waals surface area contributed by atoms with Gasteiger partial charge in [-0.05, 0) is 60.3 Å². The Bertz CT molecular complexity index is 1750. The normalized spacial score (nSPS) is 18.6. The standard InChI is InChI=1S/C33H29Cl2N3O2S2/c1-21-5-12-25(13-6-21)42-33(32(40)36-18-26-4-3-15-41-26)17-30(39)38(19-22-7-9-23(34)10-8-22)31(33)28-20-37(2)29-16-24(35)11-14-27(28)29/h3-16,20,31H,17-19H2,1-2H3,(H,36,40)/t31-,33+/m1/s1. The van der Waals surface area contributed by atoms with Gasteiger partial charge in [-0.15, -0.1) is 23.1 Å². The van der Waals surface area contributed by atoms with Crippen LogP contribution in [0.15, 0.2) is 95.3 Å². The fourth-order valence-corrected chi connectivity index (χ4v) is 8.06. The van der Waals surface area contributed by atoms with Gasteiger partial charge in [0.15, 0.2) is 0 Å². The van der Waals surface area contributed by atoms with E-state index >= 15 is 0 Å². The van der Waals surface area contributed by atoms with Crippen LogP contribution < -0.4 is 5.32 Å². The van der Waals surface area contributed by atoms with Crippen molar-refractivity contribution >= 4 is 69.0 Å². The van der Waals surface area contributed by atoms with Crippen LogP contribution in [0.25, 0.3) is 10.9 Å². The Kier molecular flexibility index (Phi) is 8.11. The maximum atomic E-state index is 14.6. The van der Waals surface area contributed by atoms with E-state index in [9.17, 15) is 9.59 Å². The lowest BCUT2D eigenvalue weighted by atomic mass is 9.91. The Labute approximate surface area is 263 Å². The van der Waals surface area contributed by atoms with E-state index in [1.807, 2.05) is 114 Å². The van der Waals surface area contributed by atoms with Crippen molar-refractivity contribution in [3.05, 3.63) is 122 Å². The number of hydrogen-bond donors (Lipinski definition) is 1. The second-order valence-electron chi connectivity index (χ2n) is 10.7. The molecule has 1 fully saturated rings. The Morgan fingerprint density at radius 2 is 1.79 bits per heavy atom. The zero-order valence-corrected chi connectivity index (χ0v) is 26.3. The molecule has 0 aliphatic carbocycles. The van der Waals surface area contributed by atoms with Gasteiger partial charge < -0.3 is 14.8 Å². The molecule has 2 aromatic heterocycles. The quantitative estimate of drug-likeness (QED) is 0.187. The molecule has 0 bridgehead atoms. The van der Waals surface area contributed by atoms with Crippen LogP contribution in [0.1, 0.15) is 34.0 Å². The molecule has 1 aliphatic rings. The minimum absolute atomic E-state index is 0.0596. The molecule has 0 radical (unpaired) electrons. The van der Waals surface area contributed by atoms with Gasteiger partial charge in [0, 0.05) is 56.1 Å². The summed E-state index contributed by atoms with van der Waals surface area (Å²) < 4.78 is 0.884. The predicted molar refractivity (Wildman–Crippen MR) is 173 cm³/mol. The van der Waals surface area contributed by atoms with E-state index in [0.717, 1.165) is 37.4 Å². The molecular weight excluding hydrogens is 605 g/mol. The van der Waals surface area contributed by atoms with Gasteiger partial charge in [-0.3, -0.25) is 9.59 Å². The number of aromatic nitrogens is 1. The Balaban J connectivity index is 1.52. The first-order chi connectivity index (χ1) is 20.2. The van der Waals surface area contributed by atoms with E-state index in [1.54, 1.807) is 11.3 Å². The Hall–Kier alpha value is -3.23. The van der Waals surface area contributed by atoms with Gasteiger partial charge in [-0.2, -0.15) is 0 Å². The molecule has 214 valence electrons. The number of halogens is 2. The number of aryl methyl sites for hydroxylation is 2. The topological polar surface area (TPSA) is 54.3 Å². The molecule has 42 heavy (non-hydrogen) atoms. The second-order valence-corrected chi connectivity index (χ2v) is 14.0. The van der Waals surface area contributed by atoms with Crippen LogP contribution in [0.5, 0.6) is 0 Å². The number of amides is 2. The summed E-state index contributed by atoms with van der Waals surface area (Å²) >= 11 is 15.6. The molecule has 1 aliphatic heterocycles. The first-order valence-corrected chi connectivity index (χ1v) is 16.0. The molecule has 6 rings (SSSR count). The summed E-state index contributed by atoms with van der Waals surface area (Å²) in [6.45, 7) is 2.78. The van der Waals surface area contributed by atoms with Gasteiger partial charge in [-0.25, -0.2) is 0 Å². The third-order valence-corrected chi connectivity index (χ3v) is 10.5. The van der Waals surface area contributed by atoms with Gasteiger partial charge in [0.1, 0.15) is 4.75 Å². The average molecular weight is 635 g/mol. The van der Waals surface area contributed by atoms with Crippen LogP contribution in [0.3, 0.4) is 0 Å². The van der Waals surface area contributed by atoms with E-state index in [1.165, 1.54) is 11.8 Å². The van der Waals surface area contributed by atoms with E-state index in [-0.39, 0.29) is 18.2 Å². The van der Waals surface area contributed by atoms with E-state index in [0.29, 0.717) is 23.1 Å². The van der Waals surface area contributed by atoms with Gasteiger partial charge in [0.2, 0.25) is 11.8 Å². The lowest BCUT2D eigenvalue weighted by Crippen LogP contribution is -2.48. The number of thiophene rings is 1. The van der Waals surface area contributed by atoms with Crippen LogP contribution in [-0.4, -0.2) is 26.0 Å². The maximum absolute atomic E-state index is 14.6. The van der Waals surface area contributed by atoms with Crippen molar-refractivity contribution in [3.63, 3.8) is 0 Å². The minimum atomic E-state index is -1.13. The molecule has 3 aromatic carbocycles. The van der Waals surface area contributed by atoms with Gasteiger partial charge in [0.25, 0.3) is 0 Å². The highest BCUT2D eigenvalue weighted by molar-refractivity contribution is 8.01. The third-order valence-electron chi connectivity index (χ3n) is 7.74. The van der Waals surface area contributed by atoms with Gasteiger partial charge in [0.05, 0.1) is 19.0 Å². The van der Waals surface area contributed by atoms with E-state index < -0.39 is 10.8 Å². The third kappa shape index (κ3) is 5.59. The number of hydrogen-bond acceptors (Lipinski definition) is 4. The molecule has 1 saturated heterocycles. The molecule has 3 heterocycles. The summed E-state index contributed by atoms with van der Waals surface area (Å²) in [6, 6.07) is 24.8. The summed E-state index contributed by atoms with van der Waals surface area (Å²) in [6.07, 6.45) is 2.10. The van der Waals surface area contributed by atoms with E-state index in [4.69, 9.17) is 23.2 Å². The van der Waals surface area contributed by atoms with Crippen LogP contribution >= 0.6 is 46.3 Å². The fraction of sp³-hybridized carbons (Fsp3) is 0.212. The van der Waals surface area contributed by atoms with Crippen molar-refractivity contribution in [2.45, 2.75) is 42.1 Å². The number of carbonyl (C=O) groups is 2. The molecule has 2 amide bonds. The number of nitrogens with zero attached hydrogens (tertiary/aromatic N) is 2. The summed E-state index contributed by atoms with van der Waals surface area (Å²) in [5.41, 5.74) is 3.92. The fourth-order valence-electron chi connectivity index (χ4n) is 5.70. The molecule has 5 aromatic rings. The van der Waals surface area contributed by atoms with Crippen molar-refractivity contribution in [2.75, 3.05) is 0 Å². The largest absolute Gasteiger partial charge is 0.350 e. The summed E-state index contributed by atoms with van der Waals surface area (Å²) in [4.78, 5) is 32.5.